The molecule has 1 heterocycles. The number of benzodiazepines with no additional fused rings is 1. The highest BCUT2D eigenvalue weighted by molar-refractivity contribution is 6.20. The first kappa shape index (κ1) is 21.3. The molecular weight excluding hydrogens is 386 g/mol. The number of anilines is 1. The summed E-state index contributed by atoms with van der Waals surface area (Å²) in [6, 6.07) is 17.6. The summed E-state index contributed by atoms with van der Waals surface area (Å²) in [7, 11) is 1.74. The number of aliphatic imine (C=N–C) groups is 1. The molecule has 5 heteroatoms. The molecule has 1 fully saturated rings. The van der Waals surface area contributed by atoms with Crippen molar-refractivity contribution < 1.29 is 9.59 Å². The molecule has 1 saturated carbocycles. The third-order valence-electron chi connectivity index (χ3n) is 6.43. The molecule has 4 rings (SSSR count). The summed E-state index contributed by atoms with van der Waals surface area (Å²) < 4.78 is 0. The molecule has 2 amide bonds. The average molecular weight is 418 g/mol. The molecule has 0 aromatic heterocycles. The molecule has 5 nitrogen and oxygen atoms in total. The summed E-state index contributed by atoms with van der Waals surface area (Å²) in [5.41, 5.74) is 3.33. The Bertz CT molecular complexity index is 948. The van der Waals surface area contributed by atoms with Crippen LogP contribution in [0.1, 0.15) is 62.5 Å². The molecule has 0 spiro atoms. The molecular formula is C26H31N3O2. The largest absolute Gasteiger partial charge is 0.327 e. The molecule has 2 aromatic carbocycles. The van der Waals surface area contributed by atoms with Gasteiger partial charge in [-0.25, -0.2) is 4.99 Å². The molecule has 1 aliphatic carbocycles. The van der Waals surface area contributed by atoms with Gasteiger partial charge in [0.25, 0.3) is 5.91 Å². The lowest BCUT2D eigenvalue weighted by atomic mass is 9.86. The van der Waals surface area contributed by atoms with E-state index in [0.29, 0.717) is 6.42 Å². The molecule has 1 N–H and O–H groups in total. The molecule has 31 heavy (non-hydrogen) atoms. The van der Waals surface area contributed by atoms with Gasteiger partial charge >= 0.3 is 0 Å². The Hall–Kier alpha value is -2.95. The number of hydrogen-bond acceptors (Lipinski definition) is 3. The van der Waals surface area contributed by atoms with Gasteiger partial charge < -0.3 is 10.2 Å². The van der Waals surface area contributed by atoms with Gasteiger partial charge in [0, 0.05) is 24.6 Å². The maximum atomic E-state index is 13.1. The smallest absolute Gasteiger partial charge is 0.272 e. The number of amides is 2. The number of carbonyl (C=O) groups is 2. The van der Waals surface area contributed by atoms with Crippen LogP contribution >= 0.6 is 0 Å². The number of carbonyl (C=O) groups excluding carboxylic acids is 2. The Morgan fingerprint density at radius 1 is 1.03 bits per heavy atom. The van der Waals surface area contributed by atoms with Crippen molar-refractivity contribution in [2.75, 3.05) is 11.9 Å². The molecule has 0 radical (unpaired) electrons. The minimum atomic E-state index is -0.921. The van der Waals surface area contributed by atoms with Crippen molar-refractivity contribution in [1.82, 2.24) is 5.32 Å². The van der Waals surface area contributed by atoms with E-state index >= 15 is 0 Å². The topological polar surface area (TPSA) is 61.8 Å². The van der Waals surface area contributed by atoms with Crippen LogP contribution in [0.5, 0.6) is 0 Å². The number of rotatable bonds is 6. The SMILES string of the molecule is CN1C(=O)C(NC(=O)CCCC2CCCCC2)N=C(c2ccccc2)c2ccccc21. The fraction of sp³-hybridized carbons (Fsp3) is 0.423. The van der Waals surface area contributed by atoms with E-state index in [2.05, 4.69) is 5.32 Å². The molecule has 162 valence electrons. The van der Waals surface area contributed by atoms with Crippen molar-refractivity contribution in [3.63, 3.8) is 0 Å². The normalized spacial score (nSPS) is 19.4. The number of fused-ring (bicyclic) bond motifs is 1. The van der Waals surface area contributed by atoms with Gasteiger partial charge in [0.15, 0.2) is 0 Å². The van der Waals surface area contributed by atoms with E-state index in [-0.39, 0.29) is 11.8 Å². The molecule has 2 aliphatic rings. The number of benzene rings is 2. The van der Waals surface area contributed by atoms with Crippen molar-refractivity contribution in [3.05, 3.63) is 65.7 Å². The van der Waals surface area contributed by atoms with E-state index in [1.165, 1.54) is 32.1 Å². The highest BCUT2D eigenvalue weighted by Crippen LogP contribution is 2.28. The standard InChI is InChI=1S/C26H31N3O2/c1-29-22-17-9-8-16-21(22)24(20-14-6-3-7-15-20)28-25(26(29)31)27-23(30)18-10-13-19-11-4-2-5-12-19/h3,6-9,14-17,19,25H,2,4-5,10-13,18H2,1H3,(H,27,30). The van der Waals surface area contributed by atoms with Gasteiger partial charge in [-0.1, -0.05) is 80.6 Å². The summed E-state index contributed by atoms with van der Waals surface area (Å²) in [6.07, 6.45) is 8.03. The number of para-hydroxylation sites is 1. The highest BCUT2D eigenvalue weighted by Gasteiger charge is 2.30. The minimum absolute atomic E-state index is 0.107. The van der Waals surface area contributed by atoms with Gasteiger partial charge in [-0.3, -0.25) is 9.59 Å². The zero-order chi connectivity index (χ0) is 21.6. The van der Waals surface area contributed by atoms with Crippen LogP contribution in [0.25, 0.3) is 0 Å². The Morgan fingerprint density at radius 2 is 1.74 bits per heavy atom. The fourth-order valence-corrected chi connectivity index (χ4v) is 4.69. The monoisotopic (exact) mass is 417 g/mol. The van der Waals surface area contributed by atoms with Crippen molar-refractivity contribution in [2.24, 2.45) is 10.9 Å². The number of nitrogens with one attached hydrogen (secondary N) is 1. The molecule has 2 aromatic rings. The Kier molecular flexibility index (Phi) is 6.80. The van der Waals surface area contributed by atoms with Crippen LogP contribution < -0.4 is 10.2 Å². The zero-order valence-electron chi connectivity index (χ0n) is 18.2. The first-order valence-electron chi connectivity index (χ1n) is 11.4. The zero-order valence-corrected chi connectivity index (χ0v) is 18.2. The minimum Gasteiger partial charge on any atom is -0.327 e. The van der Waals surface area contributed by atoms with Crippen LogP contribution in [0, 0.1) is 5.92 Å². The predicted molar refractivity (Wildman–Crippen MR) is 124 cm³/mol. The van der Waals surface area contributed by atoms with Gasteiger partial charge in [-0.2, -0.15) is 0 Å². The van der Waals surface area contributed by atoms with E-state index in [4.69, 9.17) is 4.99 Å². The summed E-state index contributed by atoms with van der Waals surface area (Å²) in [5.74, 6) is 0.424. The van der Waals surface area contributed by atoms with Crippen LogP contribution in [-0.2, 0) is 9.59 Å². The quantitative estimate of drug-likeness (QED) is 0.741. The predicted octanol–water partition coefficient (Wildman–Crippen LogP) is 4.69. The van der Waals surface area contributed by atoms with Gasteiger partial charge in [-0.15, -0.1) is 0 Å². The number of hydrogen-bond donors (Lipinski definition) is 1. The first-order valence-corrected chi connectivity index (χ1v) is 11.4. The van der Waals surface area contributed by atoms with Crippen LogP contribution in [0.15, 0.2) is 59.6 Å². The average Bonchev–Trinajstić information content (AvgIpc) is 2.91. The molecule has 1 aliphatic heterocycles. The third-order valence-corrected chi connectivity index (χ3v) is 6.43. The number of nitrogens with zero attached hydrogens (tertiary/aromatic N) is 2. The Balaban J connectivity index is 1.51. The summed E-state index contributed by atoms with van der Waals surface area (Å²) in [4.78, 5) is 32.2. The Labute approximate surface area is 184 Å². The summed E-state index contributed by atoms with van der Waals surface area (Å²) >= 11 is 0. The first-order chi connectivity index (χ1) is 15.1. The van der Waals surface area contributed by atoms with E-state index in [9.17, 15) is 9.59 Å². The molecule has 1 atom stereocenters. The van der Waals surface area contributed by atoms with Crippen molar-refractivity contribution in [1.29, 1.82) is 0 Å². The van der Waals surface area contributed by atoms with E-state index in [0.717, 1.165) is 41.3 Å². The van der Waals surface area contributed by atoms with Crippen LogP contribution in [0.4, 0.5) is 5.69 Å². The van der Waals surface area contributed by atoms with Gasteiger partial charge in [0.2, 0.25) is 12.1 Å². The van der Waals surface area contributed by atoms with Crippen molar-refractivity contribution in [3.8, 4) is 0 Å². The third kappa shape index (κ3) is 5.04. The van der Waals surface area contributed by atoms with Crippen molar-refractivity contribution in [2.45, 2.75) is 57.5 Å². The second-order valence-corrected chi connectivity index (χ2v) is 8.62. The highest BCUT2D eigenvalue weighted by atomic mass is 16.2. The molecule has 1 unspecified atom stereocenters. The lowest BCUT2D eigenvalue weighted by Crippen LogP contribution is -2.46. The second kappa shape index (κ2) is 9.90. The van der Waals surface area contributed by atoms with E-state index < -0.39 is 6.17 Å². The van der Waals surface area contributed by atoms with Gasteiger partial charge in [0.05, 0.1) is 11.4 Å². The fourth-order valence-electron chi connectivity index (χ4n) is 4.69. The van der Waals surface area contributed by atoms with E-state index in [1.54, 1.807) is 11.9 Å². The molecule has 0 bridgehead atoms. The number of likely N-dealkylation sites (N-methyl/N-ethyl adjacent to an activating group) is 1. The van der Waals surface area contributed by atoms with Gasteiger partial charge in [0.1, 0.15) is 0 Å². The Morgan fingerprint density at radius 3 is 2.52 bits per heavy atom. The van der Waals surface area contributed by atoms with Gasteiger partial charge in [-0.05, 0) is 24.8 Å². The summed E-state index contributed by atoms with van der Waals surface area (Å²) in [5, 5.41) is 2.89. The van der Waals surface area contributed by atoms with Crippen LogP contribution in [0.2, 0.25) is 0 Å². The lowest BCUT2D eigenvalue weighted by molar-refractivity contribution is -0.127. The van der Waals surface area contributed by atoms with Crippen molar-refractivity contribution >= 4 is 23.2 Å². The summed E-state index contributed by atoms with van der Waals surface area (Å²) in [6.45, 7) is 0. The van der Waals surface area contributed by atoms with Crippen LogP contribution in [0.3, 0.4) is 0 Å². The maximum absolute atomic E-state index is 13.1. The lowest BCUT2D eigenvalue weighted by Gasteiger charge is -2.22. The second-order valence-electron chi connectivity index (χ2n) is 8.62. The maximum Gasteiger partial charge on any atom is 0.272 e. The van der Waals surface area contributed by atoms with E-state index in [1.807, 2.05) is 54.6 Å². The van der Waals surface area contributed by atoms with Crippen LogP contribution in [-0.4, -0.2) is 30.7 Å². The molecule has 0 saturated heterocycles.